The van der Waals surface area contributed by atoms with Crippen molar-refractivity contribution in [2.45, 2.75) is 13.8 Å². The predicted octanol–water partition coefficient (Wildman–Crippen LogP) is 2.76. The van der Waals surface area contributed by atoms with Crippen LogP contribution in [0.1, 0.15) is 28.4 Å². The Bertz CT molecular complexity index is 800. The van der Waals surface area contributed by atoms with E-state index in [0.717, 1.165) is 0 Å². The minimum absolute atomic E-state index is 0.0505. The molecule has 118 valence electrons. The molecule has 0 fully saturated rings. The first-order valence-electron chi connectivity index (χ1n) is 6.79. The first-order chi connectivity index (χ1) is 10.9. The molecule has 0 spiro atoms. The standard InChI is InChI=1S/C16H15N3O4/c1-10-12(7-5-8-14(10)19(22)23)16(21)18-17-11(2)13-6-3-4-9-15(13)20/h3-9,20H,1-2H3,(H,18,21). The number of phenols is 1. The van der Waals surface area contributed by atoms with Crippen molar-refractivity contribution in [2.24, 2.45) is 5.10 Å². The summed E-state index contributed by atoms with van der Waals surface area (Å²) in [6, 6.07) is 10.9. The number of para-hydroxylation sites is 1. The fraction of sp³-hybridized carbons (Fsp3) is 0.125. The van der Waals surface area contributed by atoms with Gasteiger partial charge >= 0.3 is 0 Å². The van der Waals surface area contributed by atoms with Gasteiger partial charge in [0.2, 0.25) is 0 Å². The summed E-state index contributed by atoms with van der Waals surface area (Å²) in [5.74, 6) is -0.504. The quantitative estimate of drug-likeness (QED) is 0.514. The molecule has 0 radical (unpaired) electrons. The van der Waals surface area contributed by atoms with Gasteiger partial charge in [-0.05, 0) is 32.0 Å². The minimum Gasteiger partial charge on any atom is -0.507 e. The van der Waals surface area contributed by atoms with Crippen molar-refractivity contribution in [3.05, 3.63) is 69.3 Å². The number of hydrogen-bond acceptors (Lipinski definition) is 5. The Balaban J connectivity index is 2.23. The SMILES string of the molecule is CC(=NNC(=O)c1cccc([N+](=O)[O-])c1C)c1ccccc1O. The zero-order valence-corrected chi connectivity index (χ0v) is 12.6. The average Bonchev–Trinajstić information content (AvgIpc) is 2.52. The van der Waals surface area contributed by atoms with Crippen molar-refractivity contribution in [3.8, 4) is 5.75 Å². The van der Waals surface area contributed by atoms with Crippen LogP contribution >= 0.6 is 0 Å². The van der Waals surface area contributed by atoms with Crippen molar-refractivity contribution in [2.75, 3.05) is 0 Å². The summed E-state index contributed by atoms with van der Waals surface area (Å²) in [5, 5.41) is 24.6. The number of aromatic hydroxyl groups is 1. The molecule has 0 aliphatic carbocycles. The van der Waals surface area contributed by atoms with Crippen molar-refractivity contribution < 1.29 is 14.8 Å². The molecule has 0 bridgehead atoms. The molecule has 0 saturated heterocycles. The van der Waals surface area contributed by atoms with E-state index >= 15 is 0 Å². The van der Waals surface area contributed by atoms with Gasteiger partial charge in [0.15, 0.2) is 0 Å². The molecule has 0 heterocycles. The van der Waals surface area contributed by atoms with Crippen LogP contribution < -0.4 is 5.43 Å². The lowest BCUT2D eigenvalue weighted by Gasteiger charge is -2.07. The van der Waals surface area contributed by atoms with Crippen LogP contribution in [0.25, 0.3) is 0 Å². The van der Waals surface area contributed by atoms with Crippen LogP contribution in [0.15, 0.2) is 47.6 Å². The highest BCUT2D eigenvalue weighted by molar-refractivity contribution is 6.03. The number of benzene rings is 2. The van der Waals surface area contributed by atoms with E-state index in [2.05, 4.69) is 10.5 Å². The van der Waals surface area contributed by atoms with E-state index in [1.807, 2.05) is 0 Å². The van der Waals surface area contributed by atoms with E-state index in [4.69, 9.17) is 0 Å². The van der Waals surface area contributed by atoms with Crippen LogP contribution in [0.2, 0.25) is 0 Å². The molecule has 0 aliphatic rings. The zero-order valence-electron chi connectivity index (χ0n) is 12.6. The number of nitro benzene ring substituents is 1. The molecular weight excluding hydrogens is 298 g/mol. The van der Waals surface area contributed by atoms with Crippen LogP contribution in [0.5, 0.6) is 5.75 Å². The number of nitrogens with one attached hydrogen (secondary N) is 1. The molecule has 2 N–H and O–H groups in total. The number of hydrogen-bond donors (Lipinski definition) is 2. The summed E-state index contributed by atoms with van der Waals surface area (Å²) < 4.78 is 0. The monoisotopic (exact) mass is 313 g/mol. The van der Waals surface area contributed by atoms with Crippen LogP contribution in [0.3, 0.4) is 0 Å². The Morgan fingerprint density at radius 2 is 1.83 bits per heavy atom. The normalized spacial score (nSPS) is 11.1. The molecule has 2 aromatic carbocycles. The molecule has 1 amide bonds. The topological polar surface area (TPSA) is 105 Å². The van der Waals surface area contributed by atoms with E-state index in [1.54, 1.807) is 25.1 Å². The van der Waals surface area contributed by atoms with Crippen LogP contribution in [-0.4, -0.2) is 21.6 Å². The minimum atomic E-state index is -0.555. The van der Waals surface area contributed by atoms with Crippen molar-refractivity contribution in [3.63, 3.8) is 0 Å². The second-order valence-corrected chi connectivity index (χ2v) is 4.86. The third-order valence-corrected chi connectivity index (χ3v) is 3.37. The van der Waals surface area contributed by atoms with Gasteiger partial charge in [-0.1, -0.05) is 18.2 Å². The number of nitro groups is 1. The van der Waals surface area contributed by atoms with Gasteiger partial charge in [0.05, 0.1) is 16.2 Å². The summed E-state index contributed by atoms with van der Waals surface area (Å²) in [6.07, 6.45) is 0. The Hall–Kier alpha value is -3.22. The number of nitrogens with zero attached hydrogens (tertiary/aromatic N) is 2. The van der Waals surface area contributed by atoms with Gasteiger partial charge in [0.1, 0.15) is 5.75 Å². The van der Waals surface area contributed by atoms with Gasteiger partial charge < -0.3 is 5.11 Å². The maximum absolute atomic E-state index is 12.2. The van der Waals surface area contributed by atoms with E-state index in [-0.39, 0.29) is 22.6 Å². The lowest BCUT2D eigenvalue weighted by molar-refractivity contribution is -0.385. The lowest BCUT2D eigenvalue weighted by Crippen LogP contribution is -2.20. The molecular formula is C16H15N3O4. The lowest BCUT2D eigenvalue weighted by atomic mass is 10.1. The molecule has 23 heavy (non-hydrogen) atoms. The number of phenolic OH excluding ortho intramolecular Hbond substituents is 1. The third kappa shape index (κ3) is 3.52. The Morgan fingerprint density at radius 3 is 2.48 bits per heavy atom. The summed E-state index contributed by atoms with van der Waals surface area (Å²) in [5.41, 5.74) is 3.57. The van der Waals surface area contributed by atoms with Gasteiger partial charge in [-0.3, -0.25) is 14.9 Å². The Kier molecular flexibility index (Phi) is 4.70. The molecule has 0 saturated carbocycles. The molecule has 0 atom stereocenters. The highest BCUT2D eigenvalue weighted by Gasteiger charge is 2.17. The highest BCUT2D eigenvalue weighted by atomic mass is 16.6. The largest absolute Gasteiger partial charge is 0.507 e. The number of hydrazone groups is 1. The smallest absolute Gasteiger partial charge is 0.273 e. The molecule has 0 unspecified atom stereocenters. The number of amides is 1. The van der Waals surface area contributed by atoms with E-state index in [0.29, 0.717) is 11.3 Å². The predicted molar refractivity (Wildman–Crippen MR) is 85.6 cm³/mol. The molecule has 2 rings (SSSR count). The number of rotatable bonds is 4. The maximum Gasteiger partial charge on any atom is 0.273 e. The molecule has 0 aliphatic heterocycles. The van der Waals surface area contributed by atoms with Crippen molar-refractivity contribution in [1.82, 2.24) is 5.43 Å². The second-order valence-electron chi connectivity index (χ2n) is 4.86. The summed E-state index contributed by atoms with van der Waals surface area (Å²) in [6.45, 7) is 3.14. The van der Waals surface area contributed by atoms with Gasteiger partial charge in [-0.2, -0.15) is 5.10 Å². The molecule has 2 aromatic rings. The highest BCUT2D eigenvalue weighted by Crippen LogP contribution is 2.21. The van der Waals surface area contributed by atoms with Gasteiger partial charge in [-0.15, -0.1) is 0 Å². The van der Waals surface area contributed by atoms with E-state index in [9.17, 15) is 20.0 Å². The fourth-order valence-corrected chi connectivity index (χ4v) is 2.10. The van der Waals surface area contributed by atoms with Crippen molar-refractivity contribution >= 4 is 17.3 Å². The molecule has 7 heteroatoms. The van der Waals surface area contributed by atoms with Crippen LogP contribution in [0, 0.1) is 17.0 Å². The van der Waals surface area contributed by atoms with E-state index < -0.39 is 10.8 Å². The third-order valence-electron chi connectivity index (χ3n) is 3.37. The van der Waals surface area contributed by atoms with Gasteiger partial charge in [0, 0.05) is 17.2 Å². The van der Waals surface area contributed by atoms with Crippen LogP contribution in [-0.2, 0) is 0 Å². The summed E-state index contributed by atoms with van der Waals surface area (Å²) in [4.78, 5) is 22.5. The Labute approximate surface area is 132 Å². The first kappa shape index (κ1) is 16.2. The fourth-order valence-electron chi connectivity index (χ4n) is 2.10. The second kappa shape index (κ2) is 6.69. The average molecular weight is 313 g/mol. The van der Waals surface area contributed by atoms with Crippen molar-refractivity contribution in [1.29, 1.82) is 0 Å². The molecule has 7 nitrogen and oxygen atoms in total. The summed E-state index contributed by atoms with van der Waals surface area (Å²) >= 11 is 0. The van der Waals surface area contributed by atoms with Gasteiger partial charge in [0.25, 0.3) is 11.6 Å². The zero-order chi connectivity index (χ0) is 17.0. The summed E-state index contributed by atoms with van der Waals surface area (Å²) in [7, 11) is 0. The van der Waals surface area contributed by atoms with Crippen LogP contribution in [0.4, 0.5) is 5.69 Å². The maximum atomic E-state index is 12.2. The van der Waals surface area contributed by atoms with Gasteiger partial charge in [-0.25, -0.2) is 5.43 Å². The number of carbonyl (C=O) groups is 1. The number of carbonyl (C=O) groups excluding carboxylic acids is 1. The van der Waals surface area contributed by atoms with E-state index in [1.165, 1.54) is 31.2 Å². The Morgan fingerprint density at radius 1 is 1.17 bits per heavy atom. The molecule has 0 aromatic heterocycles. The first-order valence-corrected chi connectivity index (χ1v) is 6.79.